The van der Waals surface area contributed by atoms with Crippen LogP contribution in [-0.2, 0) is 29.7 Å². The van der Waals surface area contributed by atoms with Gasteiger partial charge in [0, 0.05) is 12.0 Å². The van der Waals surface area contributed by atoms with Gasteiger partial charge in [0.15, 0.2) is 11.8 Å². The van der Waals surface area contributed by atoms with Gasteiger partial charge in [0.2, 0.25) is 11.1 Å². The zero-order chi connectivity index (χ0) is 35.7. The number of ketones is 1. The number of ether oxygens (including phenoxy) is 1. The number of carbonyl (C=O) groups is 4. The van der Waals surface area contributed by atoms with E-state index in [1.807, 2.05) is 0 Å². The number of hydrogen-bond donors (Lipinski definition) is 3. The molecule has 0 bridgehead atoms. The maximum absolute atomic E-state index is 13.7. The number of benzene rings is 1. The van der Waals surface area contributed by atoms with Gasteiger partial charge in [0.25, 0.3) is 11.8 Å². The minimum absolute atomic E-state index is 0.126. The van der Waals surface area contributed by atoms with Gasteiger partial charge in [-0.1, -0.05) is 111 Å². The number of anilines is 1. The number of nitrogens with zero attached hydrogens (tertiary/aromatic N) is 1. The molecule has 0 aliphatic carbocycles. The predicted molar refractivity (Wildman–Crippen MR) is 190 cm³/mol. The molecule has 1 aliphatic heterocycles. The molecule has 0 saturated carbocycles. The number of rotatable bonds is 24. The van der Waals surface area contributed by atoms with Crippen LogP contribution in [0.25, 0.3) is 0 Å². The van der Waals surface area contributed by atoms with Gasteiger partial charge in [-0.15, -0.1) is 0 Å². The van der Waals surface area contributed by atoms with Crippen LogP contribution in [0.2, 0.25) is 0 Å². The molecule has 2 unspecified atom stereocenters. The first kappa shape index (κ1) is 41.3. The fraction of sp³-hybridized carbons (Fsp3) is 0.722. The molecule has 48 heavy (non-hydrogen) atoms. The first-order valence-electron chi connectivity index (χ1n) is 17.8. The maximum Gasteiger partial charge on any atom is 0.326 e. The van der Waals surface area contributed by atoms with Crippen LogP contribution in [0.4, 0.5) is 10.5 Å². The molecule has 3 N–H and O–H groups in total. The quantitative estimate of drug-likeness (QED) is 0.0441. The SMILES string of the molecule is CCCCCCCCCCCCCCCCNOS(=O)c1ccc(OCC)c(NC(=O)C(C(=O)C(C)(C)C)N2C(=O)NC(C)(C)C2=O)c1. The maximum atomic E-state index is 13.7. The molecule has 0 radical (unpaired) electrons. The van der Waals surface area contributed by atoms with Crippen molar-refractivity contribution >= 4 is 40.4 Å². The lowest BCUT2D eigenvalue weighted by molar-refractivity contribution is -0.144. The molecule has 0 spiro atoms. The summed E-state index contributed by atoms with van der Waals surface area (Å²) in [7, 11) is 0. The lowest BCUT2D eigenvalue weighted by atomic mass is 9.85. The largest absolute Gasteiger partial charge is 0.492 e. The fourth-order valence-corrected chi connectivity index (χ4v) is 6.18. The van der Waals surface area contributed by atoms with Crippen molar-refractivity contribution in [3.63, 3.8) is 0 Å². The topological polar surface area (TPSA) is 143 Å². The molecule has 1 aliphatic rings. The number of amides is 4. The van der Waals surface area contributed by atoms with Crippen LogP contribution in [-0.4, -0.2) is 57.5 Å². The Morgan fingerprint density at radius 3 is 1.92 bits per heavy atom. The van der Waals surface area contributed by atoms with E-state index in [1.54, 1.807) is 39.8 Å². The minimum Gasteiger partial charge on any atom is -0.492 e. The first-order valence-corrected chi connectivity index (χ1v) is 18.9. The molecule has 2 atom stereocenters. The Labute approximate surface area is 290 Å². The average molecular weight is 693 g/mol. The van der Waals surface area contributed by atoms with Crippen LogP contribution in [0.1, 0.15) is 138 Å². The number of urea groups is 1. The normalized spacial score (nSPS) is 15.7. The standard InChI is InChI=1S/C36H60N4O7S/c1-8-10-11-12-13-14-15-16-17-18-19-20-21-22-25-37-47-48(45)27-23-24-29(46-9-2)28(26-27)38-32(42)30(31(41)35(3,4)5)40-33(43)36(6,7)39-34(40)44/h23-24,26,30,37H,8-22,25H2,1-7H3,(H,38,42)(H,39,44). The zero-order valence-corrected chi connectivity index (χ0v) is 31.2. The van der Waals surface area contributed by atoms with E-state index in [4.69, 9.17) is 9.02 Å². The molecule has 1 aromatic carbocycles. The van der Waals surface area contributed by atoms with Crippen molar-refractivity contribution in [3.8, 4) is 5.75 Å². The first-order chi connectivity index (χ1) is 22.7. The Hall–Kier alpha value is -2.83. The average Bonchev–Trinajstić information content (AvgIpc) is 3.22. The minimum atomic E-state index is -1.91. The Morgan fingerprint density at radius 2 is 1.44 bits per heavy atom. The second-order valence-electron chi connectivity index (χ2n) is 14.1. The molecule has 2 rings (SSSR count). The van der Waals surface area contributed by atoms with Gasteiger partial charge in [0.1, 0.15) is 11.3 Å². The molecular formula is C36H60N4O7S. The molecule has 11 nitrogen and oxygen atoms in total. The summed E-state index contributed by atoms with van der Waals surface area (Å²) >= 11 is -1.91. The Bertz CT molecular complexity index is 1230. The molecule has 272 valence electrons. The Balaban J connectivity index is 1.89. The molecule has 0 aromatic heterocycles. The van der Waals surface area contributed by atoms with E-state index in [2.05, 4.69) is 23.0 Å². The summed E-state index contributed by atoms with van der Waals surface area (Å²) in [6.07, 6.45) is 17.7. The van der Waals surface area contributed by atoms with Crippen molar-refractivity contribution in [1.29, 1.82) is 0 Å². The summed E-state index contributed by atoms with van der Waals surface area (Å²) in [6, 6.07) is 1.97. The zero-order valence-electron chi connectivity index (χ0n) is 30.3. The molecule has 1 fully saturated rings. The van der Waals surface area contributed by atoms with E-state index in [9.17, 15) is 23.4 Å². The van der Waals surface area contributed by atoms with Crippen molar-refractivity contribution in [3.05, 3.63) is 18.2 Å². The molecule has 1 saturated heterocycles. The number of imide groups is 1. The summed E-state index contributed by atoms with van der Waals surface area (Å²) in [5, 5.41) is 5.17. The van der Waals surface area contributed by atoms with E-state index >= 15 is 0 Å². The molecule has 1 heterocycles. The van der Waals surface area contributed by atoms with Crippen molar-refractivity contribution in [2.75, 3.05) is 18.5 Å². The Morgan fingerprint density at radius 1 is 0.896 bits per heavy atom. The van der Waals surface area contributed by atoms with Gasteiger partial charge in [0.05, 0.1) is 17.2 Å². The summed E-state index contributed by atoms with van der Waals surface area (Å²) < 4.78 is 24.0. The lowest BCUT2D eigenvalue weighted by Crippen LogP contribution is -2.55. The highest BCUT2D eigenvalue weighted by Crippen LogP contribution is 2.30. The third kappa shape index (κ3) is 13.2. The molecular weight excluding hydrogens is 632 g/mol. The van der Waals surface area contributed by atoms with Gasteiger partial charge in [-0.3, -0.25) is 14.4 Å². The van der Waals surface area contributed by atoms with Gasteiger partial charge < -0.3 is 15.4 Å². The number of unbranched alkanes of at least 4 members (excludes halogenated alkanes) is 13. The van der Waals surface area contributed by atoms with Crippen molar-refractivity contribution in [2.24, 2.45) is 5.41 Å². The third-order valence-electron chi connectivity index (χ3n) is 8.35. The fourth-order valence-electron chi connectivity index (χ4n) is 5.50. The van der Waals surface area contributed by atoms with Gasteiger partial charge >= 0.3 is 6.03 Å². The van der Waals surface area contributed by atoms with E-state index in [1.165, 1.54) is 90.5 Å². The number of hydrogen-bond acceptors (Lipinski definition) is 8. The van der Waals surface area contributed by atoms with Crippen LogP contribution in [0, 0.1) is 5.41 Å². The van der Waals surface area contributed by atoms with Crippen molar-refractivity contribution in [1.82, 2.24) is 15.7 Å². The molecule has 1 aromatic rings. The van der Waals surface area contributed by atoms with Gasteiger partial charge in [-0.25, -0.2) is 13.9 Å². The van der Waals surface area contributed by atoms with E-state index < -0.39 is 51.7 Å². The third-order valence-corrected chi connectivity index (χ3v) is 9.26. The summed E-state index contributed by atoms with van der Waals surface area (Å²) in [4.78, 5) is 54.0. The van der Waals surface area contributed by atoms with Crippen LogP contribution < -0.4 is 20.9 Å². The Kier molecular flexibility index (Phi) is 17.8. The summed E-state index contributed by atoms with van der Waals surface area (Å²) in [6.45, 7) is 12.7. The van der Waals surface area contributed by atoms with Crippen molar-refractivity contribution in [2.45, 2.75) is 155 Å². The monoisotopic (exact) mass is 692 g/mol. The van der Waals surface area contributed by atoms with Gasteiger partial charge in [-0.05, 0) is 45.4 Å². The van der Waals surface area contributed by atoms with Crippen LogP contribution >= 0.6 is 0 Å². The molecule has 12 heteroatoms. The highest BCUT2D eigenvalue weighted by molar-refractivity contribution is 7.80. The summed E-state index contributed by atoms with van der Waals surface area (Å²) in [5.41, 5.74) is 0.578. The number of nitrogens with one attached hydrogen (secondary N) is 3. The van der Waals surface area contributed by atoms with Crippen LogP contribution in [0.3, 0.4) is 0 Å². The second kappa shape index (κ2) is 20.6. The molecule has 4 amide bonds. The highest BCUT2D eigenvalue weighted by atomic mass is 32.2. The van der Waals surface area contributed by atoms with E-state index in [0.717, 1.165) is 19.3 Å². The number of hydroxylamine groups is 1. The van der Waals surface area contributed by atoms with Crippen LogP contribution in [0.15, 0.2) is 23.1 Å². The van der Waals surface area contributed by atoms with Crippen molar-refractivity contribution < 1.29 is 32.4 Å². The predicted octanol–water partition coefficient (Wildman–Crippen LogP) is 7.36. The summed E-state index contributed by atoms with van der Waals surface area (Å²) in [5.74, 6) is -1.93. The van der Waals surface area contributed by atoms with Crippen LogP contribution in [0.5, 0.6) is 5.75 Å². The number of Topliss-reactive ketones (excluding diaryl/α,β-unsaturated/α-hetero) is 1. The second-order valence-corrected chi connectivity index (χ2v) is 15.2. The highest BCUT2D eigenvalue weighted by Gasteiger charge is 2.53. The van der Waals surface area contributed by atoms with E-state index in [-0.39, 0.29) is 22.9 Å². The van der Waals surface area contributed by atoms with E-state index in [0.29, 0.717) is 11.4 Å². The lowest BCUT2D eigenvalue weighted by Gasteiger charge is -2.29. The van der Waals surface area contributed by atoms with Gasteiger partial charge in [-0.2, -0.15) is 9.76 Å². The number of carbonyl (C=O) groups excluding carboxylic acids is 4. The smallest absolute Gasteiger partial charge is 0.326 e.